The summed E-state index contributed by atoms with van der Waals surface area (Å²) in [6.45, 7) is 1.65. The molecule has 0 saturated carbocycles. The standard InChI is InChI=1S/C22H19OP/c1-3-22(2,23)18-11-10-16-21(17-18)24(19-12-6-4-7-13-19)20-14-8-5-9-15-20/h1,4-17,23H,2H3. The summed E-state index contributed by atoms with van der Waals surface area (Å²) in [6.07, 6.45) is 5.49. The summed E-state index contributed by atoms with van der Waals surface area (Å²) in [5.74, 6) is 2.47. The molecule has 0 radical (unpaired) electrons. The summed E-state index contributed by atoms with van der Waals surface area (Å²) in [7, 11) is -0.694. The minimum Gasteiger partial charge on any atom is -0.374 e. The maximum atomic E-state index is 10.4. The van der Waals surface area contributed by atoms with Crippen LogP contribution in [0.1, 0.15) is 12.5 Å². The summed E-state index contributed by atoms with van der Waals surface area (Å²) in [6, 6.07) is 28.9. The molecule has 1 N–H and O–H groups in total. The molecule has 1 unspecified atom stereocenters. The van der Waals surface area contributed by atoms with Crippen LogP contribution < -0.4 is 15.9 Å². The van der Waals surface area contributed by atoms with Gasteiger partial charge in [-0.15, -0.1) is 6.42 Å². The van der Waals surface area contributed by atoms with E-state index in [4.69, 9.17) is 6.42 Å². The SMILES string of the molecule is C#CC(C)(O)c1cccc(P(c2ccccc2)c2ccccc2)c1. The van der Waals surface area contributed by atoms with Crippen molar-refractivity contribution in [2.45, 2.75) is 12.5 Å². The fraction of sp³-hybridized carbons (Fsp3) is 0.0909. The highest BCUT2D eigenvalue weighted by Gasteiger charge is 2.22. The van der Waals surface area contributed by atoms with Gasteiger partial charge in [-0.25, -0.2) is 0 Å². The van der Waals surface area contributed by atoms with Crippen LogP contribution in [0.2, 0.25) is 0 Å². The van der Waals surface area contributed by atoms with Gasteiger partial charge in [0.25, 0.3) is 0 Å². The molecule has 0 aliphatic heterocycles. The van der Waals surface area contributed by atoms with Crippen LogP contribution >= 0.6 is 7.92 Å². The van der Waals surface area contributed by atoms with Gasteiger partial charge in [0, 0.05) is 0 Å². The number of terminal acetylenes is 1. The molecule has 1 atom stereocenters. The van der Waals surface area contributed by atoms with Gasteiger partial charge in [-0.05, 0) is 42.4 Å². The molecule has 0 aliphatic rings. The smallest absolute Gasteiger partial charge is 0.147 e. The average Bonchev–Trinajstić information content (AvgIpc) is 2.64. The van der Waals surface area contributed by atoms with Gasteiger partial charge < -0.3 is 5.11 Å². The molecule has 0 aromatic heterocycles. The molecule has 24 heavy (non-hydrogen) atoms. The molecule has 118 valence electrons. The molecule has 0 bridgehead atoms. The van der Waals surface area contributed by atoms with E-state index in [1.165, 1.54) is 15.9 Å². The number of rotatable bonds is 4. The van der Waals surface area contributed by atoms with Crippen LogP contribution in [-0.2, 0) is 5.60 Å². The van der Waals surface area contributed by atoms with Crippen LogP contribution in [-0.4, -0.2) is 5.11 Å². The van der Waals surface area contributed by atoms with Crippen molar-refractivity contribution in [1.82, 2.24) is 0 Å². The first-order valence-corrected chi connectivity index (χ1v) is 9.17. The van der Waals surface area contributed by atoms with Crippen LogP contribution in [0.15, 0.2) is 84.9 Å². The Kier molecular flexibility index (Phi) is 4.81. The Morgan fingerprint density at radius 3 is 1.79 bits per heavy atom. The van der Waals surface area contributed by atoms with Gasteiger partial charge in [0.05, 0.1) is 0 Å². The largest absolute Gasteiger partial charge is 0.374 e. The molecular weight excluding hydrogens is 311 g/mol. The van der Waals surface area contributed by atoms with Gasteiger partial charge in [0.1, 0.15) is 5.60 Å². The maximum absolute atomic E-state index is 10.4. The highest BCUT2D eigenvalue weighted by molar-refractivity contribution is 7.79. The molecular formula is C22H19OP. The van der Waals surface area contributed by atoms with E-state index in [1.54, 1.807) is 6.92 Å². The van der Waals surface area contributed by atoms with Crippen molar-refractivity contribution in [2.75, 3.05) is 0 Å². The van der Waals surface area contributed by atoms with Crippen molar-refractivity contribution in [3.05, 3.63) is 90.5 Å². The molecule has 0 saturated heterocycles. The van der Waals surface area contributed by atoms with Gasteiger partial charge in [0.2, 0.25) is 0 Å². The first kappa shape index (κ1) is 16.5. The Morgan fingerprint density at radius 2 is 1.29 bits per heavy atom. The zero-order chi connectivity index (χ0) is 17.0. The van der Waals surface area contributed by atoms with Crippen molar-refractivity contribution in [3.8, 4) is 12.3 Å². The molecule has 0 spiro atoms. The lowest BCUT2D eigenvalue weighted by molar-refractivity contribution is 0.122. The lowest BCUT2D eigenvalue weighted by Crippen LogP contribution is -2.24. The molecule has 3 aromatic rings. The van der Waals surface area contributed by atoms with Gasteiger partial charge in [0.15, 0.2) is 0 Å². The lowest BCUT2D eigenvalue weighted by Gasteiger charge is -2.22. The molecule has 0 heterocycles. The van der Waals surface area contributed by atoms with Crippen LogP contribution in [0.25, 0.3) is 0 Å². The molecule has 2 heteroatoms. The van der Waals surface area contributed by atoms with Crippen LogP contribution in [0.3, 0.4) is 0 Å². The van der Waals surface area contributed by atoms with Gasteiger partial charge in [-0.3, -0.25) is 0 Å². The summed E-state index contributed by atoms with van der Waals surface area (Å²) < 4.78 is 0. The number of benzene rings is 3. The number of aliphatic hydroxyl groups is 1. The minimum absolute atomic E-state index is 0.694. The highest BCUT2D eigenvalue weighted by Crippen LogP contribution is 2.33. The van der Waals surface area contributed by atoms with E-state index >= 15 is 0 Å². The Bertz CT molecular complexity index is 808. The molecule has 0 fully saturated rings. The zero-order valence-electron chi connectivity index (χ0n) is 13.6. The quantitative estimate of drug-likeness (QED) is 0.575. The summed E-state index contributed by atoms with van der Waals surface area (Å²) in [4.78, 5) is 0. The van der Waals surface area contributed by atoms with Crippen molar-refractivity contribution < 1.29 is 5.11 Å². The predicted octanol–water partition coefficient (Wildman–Crippen LogP) is 3.29. The molecule has 1 nitrogen and oxygen atoms in total. The number of hydrogen-bond acceptors (Lipinski definition) is 1. The summed E-state index contributed by atoms with van der Waals surface area (Å²) in [5, 5.41) is 14.1. The maximum Gasteiger partial charge on any atom is 0.147 e. The van der Waals surface area contributed by atoms with E-state index in [0.717, 1.165) is 5.56 Å². The Morgan fingerprint density at radius 1 is 0.792 bits per heavy atom. The van der Waals surface area contributed by atoms with Gasteiger partial charge >= 0.3 is 0 Å². The molecule has 0 amide bonds. The van der Waals surface area contributed by atoms with Crippen LogP contribution in [0.5, 0.6) is 0 Å². The van der Waals surface area contributed by atoms with E-state index in [-0.39, 0.29) is 0 Å². The summed E-state index contributed by atoms with van der Waals surface area (Å²) >= 11 is 0. The monoisotopic (exact) mass is 330 g/mol. The first-order valence-electron chi connectivity index (χ1n) is 7.83. The fourth-order valence-electron chi connectivity index (χ4n) is 2.63. The fourth-order valence-corrected chi connectivity index (χ4v) is 4.97. The van der Waals surface area contributed by atoms with E-state index in [2.05, 4.69) is 60.5 Å². The lowest BCUT2D eigenvalue weighted by atomic mass is 9.97. The molecule has 3 rings (SSSR count). The van der Waals surface area contributed by atoms with Crippen molar-refractivity contribution in [2.24, 2.45) is 0 Å². The van der Waals surface area contributed by atoms with Crippen molar-refractivity contribution >= 4 is 23.8 Å². The third-order valence-electron chi connectivity index (χ3n) is 3.98. The molecule has 0 aliphatic carbocycles. The van der Waals surface area contributed by atoms with Crippen LogP contribution in [0.4, 0.5) is 0 Å². The zero-order valence-corrected chi connectivity index (χ0v) is 14.4. The van der Waals surface area contributed by atoms with Gasteiger partial charge in [-0.2, -0.15) is 0 Å². The van der Waals surface area contributed by atoms with Crippen LogP contribution in [0, 0.1) is 12.3 Å². The Labute approximate surface area is 144 Å². The predicted molar refractivity (Wildman–Crippen MR) is 104 cm³/mol. The topological polar surface area (TPSA) is 20.2 Å². The second kappa shape index (κ2) is 7.02. The second-order valence-corrected chi connectivity index (χ2v) is 7.99. The first-order chi connectivity index (χ1) is 11.6. The molecule has 3 aromatic carbocycles. The van der Waals surface area contributed by atoms with E-state index in [0.29, 0.717) is 0 Å². The highest BCUT2D eigenvalue weighted by atomic mass is 31.1. The van der Waals surface area contributed by atoms with Crippen molar-refractivity contribution in [3.63, 3.8) is 0 Å². The Balaban J connectivity index is 2.14. The Hall–Kier alpha value is -2.39. The number of hydrogen-bond donors (Lipinski definition) is 1. The third kappa shape index (κ3) is 3.41. The van der Waals surface area contributed by atoms with E-state index in [9.17, 15) is 5.11 Å². The third-order valence-corrected chi connectivity index (χ3v) is 6.40. The van der Waals surface area contributed by atoms with Gasteiger partial charge in [-0.1, -0.05) is 84.8 Å². The second-order valence-electron chi connectivity index (χ2n) is 5.77. The van der Waals surface area contributed by atoms with Crippen molar-refractivity contribution in [1.29, 1.82) is 0 Å². The normalized spacial score (nSPS) is 13.2. The average molecular weight is 330 g/mol. The van der Waals surface area contributed by atoms with E-state index < -0.39 is 13.5 Å². The summed E-state index contributed by atoms with van der Waals surface area (Å²) in [5.41, 5.74) is -0.508. The van der Waals surface area contributed by atoms with E-state index in [1.807, 2.05) is 30.3 Å². The minimum atomic E-state index is -1.26.